The highest BCUT2D eigenvalue weighted by Gasteiger charge is 2.49. The molecule has 14 nitrogen and oxygen atoms in total. The maximum atomic E-state index is 15.6. The van der Waals surface area contributed by atoms with Crippen LogP contribution in [0.5, 0.6) is 0 Å². The molecule has 5 heterocycles. The van der Waals surface area contributed by atoms with Crippen LogP contribution in [-0.4, -0.2) is 110 Å². The van der Waals surface area contributed by atoms with Crippen molar-refractivity contribution in [3.8, 4) is 0 Å². The molecule has 2 bridgehead atoms. The molecule has 4 aromatic rings. The zero-order valence-electron chi connectivity index (χ0n) is 34.6. The number of amides is 4. The van der Waals surface area contributed by atoms with Gasteiger partial charge in [-0.15, -0.1) is 11.8 Å². The Morgan fingerprint density at radius 3 is 2.20 bits per heavy atom. The number of alkyl halides is 3. The molecule has 0 radical (unpaired) electrons. The number of piperidine rings is 3. The van der Waals surface area contributed by atoms with Crippen LogP contribution >= 0.6 is 11.8 Å². The molecule has 0 aromatic heterocycles. The van der Waals surface area contributed by atoms with E-state index in [9.17, 15) is 49.2 Å². The minimum atomic E-state index is -6.11. The number of fused-ring (bicyclic) bond motifs is 4. The van der Waals surface area contributed by atoms with Crippen LogP contribution in [0.25, 0.3) is 0 Å². The summed E-state index contributed by atoms with van der Waals surface area (Å²) < 4.78 is 113. The van der Waals surface area contributed by atoms with Crippen LogP contribution in [0.15, 0.2) is 106 Å². The van der Waals surface area contributed by atoms with Gasteiger partial charge in [-0.1, -0.05) is 36.4 Å². The first-order valence-corrected chi connectivity index (χ1v) is 24.8. The van der Waals surface area contributed by atoms with E-state index in [0.29, 0.717) is 43.2 Å². The number of hydrogen-bond acceptors (Lipinski definition) is 12. The highest BCUT2D eigenvalue weighted by molar-refractivity contribution is 7.99. The Balaban J connectivity index is 0.974. The molecule has 344 valence electrons. The van der Waals surface area contributed by atoms with E-state index in [4.69, 9.17) is 0 Å². The summed E-state index contributed by atoms with van der Waals surface area (Å²) in [5.74, 6) is -2.73. The van der Waals surface area contributed by atoms with Gasteiger partial charge in [-0.05, 0) is 85.8 Å². The Morgan fingerprint density at radius 2 is 1.54 bits per heavy atom. The summed E-state index contributed by atoms with van der Waals surface area (Å²) in [7, 11) is -10.9. The molecular formula is C44H44F4N6O8S3. The number of nitrogens with one attached hydrogen (secondary N) is 3. The number of piperazine rings is 1. The average Bonchev–Trinajstić information content (AvgIpc) is 3.58. The molecule has 4 saturated heterocycles. The van der Waals surface area contributed by atoms with Crippen LogP contribution in [0.2, 0.25) is 0 Å². The van der Waals surface area contributed by atoms with Gasteiger partial charge in [0.2, 0.25) is 11.8 Å². The lowest BCUT2D eigenvalue weighted by Gasteiger charge is -2.52. The number of carbonyl (C=O) groups excluding carboxylic acids is 4. The molecule has 4 amide bonds. The van der Waals surface area contributed by atoms with Crippen LogP contribution in [0.4, 0.5) is 23.2 Å². The monoisotopic (exact) mass is 956 g/mol. The maximum absolute atomic E-state index is 15.6. The Kier molecular flexibility index (Phi) is 13.1. The molecule has 3 N–H and O–H groups in total. The first-order chi connectivity index (χ1) is 30.9. The van der Waals surface area contributed by atoms with Crippen molar-refractivity contribution in [3.05, 3.63) is 119 Å². The summed E-state index contributed by atoms with van der Waals surface area (Å²) in [5.41, 5.74) is -5.10. The van der Waals surface area contributed by atoms with Crippen LogP contribution in [0.1, 0.15) is 63.9 Å². The molecule has 4 atom stereocenters. The summed E-state index contributed by atoms with van der Waals surface area (Å²) >= 11 is 1.40. The lowest BCUT2D eigenvalue weighted by Crippen LogP contribution is -2.62. The fourth-order valence-corrected chi connectivity index (χ4v) is 11.9. The van der Waals surface area contributed by atoms with Crippen LogP contribution in [0.3, 0.4) is 0 Å². The van der Waals surface area contributed by atoms with Gasteiger partial charge in [-0.3, -0.25) is 34.3 Å². The number of halogens is 4. The largest absolute Gasteiger partial charge is 0.501 e. The molecule has 3 unspecified atom stereocenters. The van der Waals surface area contributed by atoms with E-state index in [1.165, 1.54) is 47.0 Å². The van der Waals surface area contributed by atoms with Crippen molar-refractivity contribution in [2.75, 3.05) is 30.7 Å². The van der Waals surface area contributed by atoms with E-state index in [0.717, 1.165) is 29.9 Å². The van der Waals surface area contributed by atoms with Crippen molar-refractivity contribution < 1.29 is 53.6 Å². The summed E-state index contributed by atoms with van der Waals surface area (Å²) in [6.07, 6.45) is 2.31. The molecule has 21 heteroatoms. The summed E-state index contributed by atoms with van der Waals surface area (Å²) in [6.45, 7) is 2.05. The Labute approximate surface area is 377 Å². The lowest BCUT2D eigenvalue weighted by molar-refractivity contribution is -0.136. The second-order valence-electron chi connectivity index (χ2n) is 16.5. The number of thioether (sulfide) groups is 1. The molecular weight excluding hydrogens is 913 g/mol. The Morgan fingerprint density at radius 1 is 0.862 bits per heavy atom. The minimum absolute atomic E-state index is 0.0276. The van der Waals surface area contributed by atoms with Gasteiger partial charge in [0.15, 0.2) is 0 Å². The third kappa shape index (κ3) is 9.93. The van der Waals surface area contributed by atoms with Crippen molar-refractivity contribution in [2.45, 2.75) is 89.6 Å². The van der Waals surface area contributed by atoms with Crippen molar-refractivity contribution in [2.24, 2.45) is 0 Å². The van der Waals surface area contributed by atoms with E-state index < -0.39 is 82.4 Å². The van der Waals surface area contributed by atoms with E-state index in [2.05, 4.69) is 20.4 Å². The van der Waals surface area contributed by atoms with E-state index >= 15 is 4.39 Å². The van der Waals surface area contributed by atoms with Gasteiger partial charge in [-0.2, -0.15) is 13.2 Å². The Hall–Kier alpha value is -5.35. The van der Waals surface area contributed by atoms with Gasteiger partial charge in [0.25, 0.3) is 31.7 Å². The number of hydrogen-bond donors (Lipinski definition) is 3. The second kappa shape index (κ2) is 18.5. The number of imide groups is 1. The maximum Gasteiger partial charge on any atom is 0.501 e. The van der Waals surface area contributed by atoms with Crippen LogP contribution in [0, 0.1) is 5.82 Å². The first-order valence-electron chi connectivity index (χ1n) is 20.8. The van der Waals surface area contributed by atoms with Gasteiger partial charge in [-0.25, -0.2) is 25.9 Å². The molecule has 65 heavy (non-hydrogen) atoms. The number of benzene rings is 4. The quantitative estimate of drug-likeness (QED) is 0.0795. The summed E-state index contributed by atoms with van der Waals surface area (Å²) in [4.78, 5) is 54.7. The number of sulfone groups is 1. The molecule has 0 aliphatic carbocycles. The van der Waals surface area contributed by atoms with Gasteiger partial charge in [0.05, 0.1) is 10.6 Å². The molecule has 4 aromatic carbocycles. The predicted octanol–water partition coefficient (Wildman–Crippen LogP) is 5.31. The lowest BCUT2D eigenvalue weighted by atomic mass is 9.89. The van der Waals surface area contributed by atoms with Crippen LogP contribution < -0.4 is 15.4 Å². The fraction of sp³-hybridized carbons (Fsp3) is 0.364. The van der Waals surface area contributed by atoms with Crippen molar-refractivity contribution in [1.82, 2.24) is 24.7 Å². The highest BCUT2D eigenvalue weighted by Crippen LogP contribution is 2.38. The van der Waals surface area contributed by atoms with Gasteiger partial charge < -0.3 is 10.2 Å². The van der Waals surface area contributed by atoms with Gasteiger partial charge >= 0.3 is 5.51 Å². The predicted molar refractivity (Wildman–Crippen MR) is 231 cm³/mol. The SMILES string of the molecule is O=C1CCC(N2Cc3cc(CN4CC5CCC4CN5CC[C@H](CSc4ccccc4)Nc4ccc(S(=O)(=O)NC(=O)c5ccccc5)cc4S(=O)(=O)C(F)(F)F)c(F)cc3C2=O)C(=O)N1. The van der Waals surface area contributed by atoms with E-state index in [-0.39, 0.29) is 54.9 Å². The average molecular weight is 957 g/mol. The number of carbonyl (C=O) groups is 4. The number of sulfonamides is 1. The third-order valence-electron chi connectivity index (χ3n) is 12.3. The molecule has 5 aliphatic heterocycles. The number of nitrogens with zero attached hydrogens (tertiary/aromatic N) is 3. The number of anilines is 1. The molecule has 4 fully saturated rings. The Bertz CT molecular complexity index is 2730. The third-order valence-corrected chi connectivity index (χ3v) is 16.3. The minimum Gasteiger partial charge on any atom is -0.380 e. The first kappa shape index (κ1) is 46.2. The van der Waals surface area contributed by atoms with Crippen molar-refractivity contribution in [1.29, 1.82) is 0 Å². The molecule has 9 rings (SSSR count). The van der Waals surface area contributed by atoms with Gasteiger partial charge in [0, 0.05) is 84.6 Å². The van der Waals surface area contributed by atoms with E-state index in [1.54, 1.807) is 16.9 Å². The van der Waals surface area contributed by atoms with Gasteiger partial charge in [0.1, 0.15) is 16.8 Å². The normalized spacial score (nSPS) is 21.0. The zero-order valence-corrected chi connectivity index (χ0v) is 37.0. The summed E-state index contributed by atoms with van der Waals surface area (Å²) in [6, 6.07) is 20.3. The van der Waals surface area contributed by atoms with Crippen molar-refractivity contribution >= 4 is 60.9 Å². The highest BCUT2D eigenvalue weighted by atomic mass is 32.2. The molecule has 0 spiro atoms. The second-order valence-corrected chi connectivity index (χ2v) is 21.2. The summed E-state index contributed by atoms with van der Waals surface area (Å²) in [5, 5.41) is 5.27. The number of rotatable bonds is 15. The smallest absolute Gasteiger partial charge is 0.380 e. The standard InChI is InChI=1S/C44H44F4N6O8S3/c45-36-21-35-28(23-54(43(35)58)38-15-16-40(55)50-42(38)57)19-29(36)22-53-25-31-11-12-32(53)24-52(31)18-17-30(26-63-33-9-5-2-6-10-33)49-37-14-13-34(20-39(37)64(59,60)44(46,47)48)65(61,62)51-41(56)27-7-3-1-4-8-27/h1-10,13-14,19-21,30-32,38,49H,11-12,15-18,22-26H2,(H,51,56)(H,50,55,57)/t30-,31?,32?,38?/m1/s1. The van der Waals surface area contributed by atoms with Crippen molar-refractivity contribution in [3.63, 3.8) is 0 Å². The molecule has 5 aliphatic rings. The topological polar surface area (TPSA) is 182 Å². The molecule has 0 saturated carbocycles. The fourth-order valence-electron chi connectivity index (χ4n) is 8.87. The zero-order chi connectivity index (χ0) is 46.3. The van der Waals surface area contributed by atoms with Crippen LogP contribution in [-0.2, 0) is 42.5 Å². The van der Waals surface area contributed by atoms with E-state index in [1.807, 2.05) is 30.3 Å².